The number of alkyl halides is 1. The molecule has 0 radical (unpaired) electrons. The van der Waals surface area contributed by atoms with Crippen molar-refractivity contribution in [1.82, 2.24) is 5.32 Å². The maximum Gasteiger partial charge on any atom is 0.269 e. The highest BCUT2D eigenvalue weighted by molar-refractivity contribution is 5.34. The van der Waals surface area contributed by atoms with Crippen LogP contribution < -0.4 is 5.32 Å². The zero-order chi connectivity index (χ0) is 16.7. The summed E-state index contributed by atoms with van der Waals surface area (Å²) < 4.78 is 19.5. The Labute approximate surface area is 134 Å². The van der Waals surface area contributed by atoms with Crippen LogP contribution in [0.3, 0.4) is 0 Å². The Morgan fingerprint density at radius 1 is 1.13 bits per heavy atom. The van der Waals surface area contributed by atoms with Crippen LogP contribution in [0.5, 0.6) is 0 Å². The van der Waals surface area contributed by atoms with Crippen LogP contribution >= 0.6 is 0 Å². The number of nitro groups is 1. The SMILES string of the molecule is COC[C@H](NC[C@H](F)c1ccc([N+](=O)[O-])cc1)c1ccccc1. The third-order valence-corrected chi connectivity index (χ3v) is 3.54. The summed E-state index contributed by atoms with van der Waals surface area (Å²) >= 11 is 0. The fourth-order valence-electron chi connectivity index (χ4n) is 2.29. The monoisotopic (exact) mass is 318 g/mol. The highest BCUT2D eigenvalue weighted by Gasteiger charge is 2.16. The lowest BCUT2D eigenvalue weighted by Gasteiger charge is -2.20. The molecule has 2 aromatic rings. The fourth-order valence-corrected chi connectivity index (χ4v) is 2.29. The molecule has 0 amide bonds. The lowest BCUT2D eigenvalue weighted by Crippen LogP contribution is -2.28. The van der Waals surface area contributed by atoms with Gasteiger partial charge in [-0.2, -0.15) is 0 Å². The topological polar surface area (TPSA) is 64.4 Å². The lowest BCUT2D eigenvalue weighted by atomic mass is 10.1. The van der Waals surface area contributed by atoms with Gasteiger partial charge in [0.2, 0.25) is 0 Å². The van der Waals surface area contributed by atoms with E-state index in [1.54, 1.807) is 7.11 Å². The number of nitrogens with zero attached hydrogens (tertiary/aromatic N) is 1. The van der Waals surface area contributed by atoms with E-state index in [1.807, 2.05) is 30.3 Å². The second kappa shape index (κ2) is 8.36. The first kappa shape index (κ1) is 17.1. The Hall–Kier alpha value is -2.31. The quantitative estimate of drug-likeness (QED) is 0.597. The summed E-state index contributed by atoms with van der Waals surface area (Å²) in [5.41, 5.74) is 1.38. The summed E-state index contributed by atoms with van der Waals surface area (Å²) in [5.74, 6) is 0. The summed E-state index contributed by atoms with van der Waals surface area (Å²) in [5, 5.41) is 13.8. The maximum atomic E-state index is 14.3. The minimum Gasteiger partial charge on any atom is -0.383 e. The highest BCUT2D eigenvalue weighted by atomic mass is 19.1. The number of benzene rings is 2. The molecular weight excluding hydrogens is 299 g/mol. The van der Waals surface area contributed by atoms with Crippen LogP contribution in [0.2, 0.25) is 0 Å². The minimum atomic E-state index is -1.25. The molecule has 0 aliphatic carbocycles. The molecule has 0 unspecified atom stereocenters. The van der Waals surface area contributed by atoms with Crippen LogP contribution in [0.1, 0.15) is 23.3 Å². The molecule has 122 valence electrons. The molecule has 0 saturated heterocycles. The van der Waals surface area contributed by atoms with Crippen molar-refractivity contribution in [2.75, 3.05) is 20.3 Å². The van der Waals surface area contributed by atoms with Crippen LogP contribution in [0.15, 0.2) is 54.6 Å². The van der Waals surface area contributed by atoms with Crippen LogP contribution in [-0.2, 0) is 4.74 Å². The smallest absolute Gasteiger partial charge is 0.269 e. The van der Waals surface area contributed by atoms with Crippen molar-refractivity contribution in [2.24, 2.45) is 0 Å². The average molecular weight is 318 g/mol. The van der Waals surface area contributed by atoms with Gasteiger partial charge in [0.1, 0.15) is 6.17 Å². The van der Waals surface area contributed by atoms with Gasteiger partial charge in [-0.3, -0.25) is 10.1 Å². The minimum absolute atomic E-state index is 0.0459. The van der Waals surface area contributed by atoms with Gasteiger partial charge < -0.3 is 10.1 Å². The second-order valence-electron chi connectivity index (χ2n) is 5.14. The predicted octanol–water partition coefficient (Wildman–Crippen LogP) is 3.58. The van der Waals surface area contributed by atoms with Gasteiger partial charge in [0, 0.05) is 25.8 Å². The number of nitro benzene ring substituents is 1. The van der Waals surface area contributed by atoms with Gasteiger partial charge in [0.15, 0.2) is 0 Å². The Bertz CT molecular complexity index is 619. The van der Waals surface area contributed by atoms with Gasteiger partial charge in [-0.05, 0) is 23.3 Å². The normalized spacial score (nSPS) is 13.5. The van der Waals surface area contributed by atoms with Crippen LogP contribution in [0.4, 0.5) is 10.1 Å². The second-order valence-corrected chi connectivity index (χ2v) is 5.14. The first-order valence-electron chi connectivity index (χ1n) is 7.27. The van der Waals surface area contributed by atoms with E-state index in [0.717, 1.165) is 5.56 Å². The summed E-state index contributed by atoms with van der Waals surface area (Å²) in [4.78, 5) is 10.1. The molecule has 0 fully saturated rings. The number of hydrogen-bond donors (Lipinski definition) is 1. The Morgan fingerprint density at radius 2 is 1.78 bits per heavy atom. The molecular formula is C17H19FN2O3. The van der Waals surface area contributed by atoms with Crippen LogP contribution in [0, 0.1) is 10.1 Å². The zero-order valence-corrected chi connectivity index (χ0v) is 12.8. The van der Waals surface area contributed by atoms with Crippen molar-refractivity contribution < 1.29 is 14.1 Å². The number of non-ortho nitro benzene ring substituents is 1. The van der Waals surface area contributed by atoms with Crippen molar-refractivity contribution in [2.45, 2.75) is 12.2 Å². The summed E-state index contributed by atoms with van der Waals surface area (Å²) in [6.45, 7) is 0.526. The number of halogens is 1. The molecule has 0 bridgehead atoms. The Balaban J connectivity index is 1.98. The summed E-state index contributed by atoms with van der Waals surface area (Å²) in [7, 11) is 1.60. The van der Waals surface area contributed by atoms with Gasteiger partial charge >= 0.3 is 0 Å². The zero-order valence-electron chi connectivity index (χ0n) is 12.8. The molecule has 0 saturated carbocycles. The molecule has 2 aromatic carbocycles. The Kier molecular flexibility index (Phi) is 6.19. The van der Waals surface area contributed by atoms with Crippen molar-refractivity contribution in [3.05, 3.63) is 75.8 Å². The molecule has 23 heavy (non-hydrogen) atoms. The molecule has 5 nitrogen and oxygen atoms in total. The molecule has 1 N–H and O–H groups in total. The van der Waals surface area contributed by atoms with Crippen molar-refractivity contribution in [3.63, 3.8) is 0 Å². The summed E-state index contributed by atoms with van der Waals surface area (Å²) in [6.07, 6.45) is -1.25. The van der Waals surface area contributed by atoms with Crippen LogP contribution in [0.25, 0.3) is 0 Å². The van der Waals surface area contributed by atoms with Gasteiger partial charge in [-0.15, -0.1) is 0 Å². The van der Waals surface area contributed by atoms with Crippen LogP contribution in [-0.4, -0.2) is 25.2 Å². The lowest BCUT2D eigenvalue weighted by molar-refractivity contribution is -0.384. The third kappa shape index (κ3) is 4.84. The number of ether oxygens (including phenoxy) is 1. The maximum absolute atomic E-state index is 14.3. The molecule has 0 aromatic heterocycles. The van der Waals surface area contributed by atoms with E-state index in [1.165, 1.54) is 24.3 Å². The van der Waals surface area contributed by atoms with E-state index < -0.39 is 11.1 Å². The van der Waals surface area contributed by atoms with E-state index >= 15 is 0 Å². The molecule has 0 heterocycles. The fraction of sp³-hybridized carbons (Fsp3) is 0.294. The largest absolute Gasteiger partial charge is 0.383 e. The molecule has 2 atom stereocenters. The van der Waals surface area contributed by atoms with Crippen molar-refractivity contribution in [1.29, 1.82) is 0 Å². The number of nitrogens with one attached hydrogen (secondary N) is 1. The first-order valence-corrected chi connectivity index (χ1v) is 7.27. The van der Waals surface area contributed by atoms with Gasteiger partial charge in [-0.25, -0.2) is 4.39 Å². The molecule has 0 spiro atoms. The van der Waals surface area contributed by atoms with E-state index in [0.29, 0.717) is 12.2 Å². The number of rotatable bonds is 8. The number of methoxy groups -OCH3 is 1. The third-order valence-electron chi connectivity index (χ3n) is 3.54. The van der Waals surface area contributed by atoms with E-state index in [4.69, 9.17) is 4.74 Å². The van der Waals surface area contributed by atoms with Gasteiger partial charge in [-0.1, -0.05) is 30.3 Å². The predicted molar refractivity (Wildman–Crippen MR) is 86.0 cm³/mol. The molecule has 0 aliphatic heterocycles. The Morgan fingerprint density at radius 3 is 2.35 bits per heavy atom. The standard InChI is InChI=1S/C17H19FN2O3/c1-23-12-17(14-5-3-2-4-6-14)19-11-16(18)13-7-9-15(10-8-13)20(21)22/h2-10,16-17,19H,11-12H2,1H3/t16-,17-/m0/s1. The molecule has 0 aliphatic rings. The van der Waals surface area contributed by atoms with E-state index in [9.17, 15) is 14.5 Å². The molecule has 2 rings (SSSR count). The van der Waals surface area contributed by atoms with Gasteiger partial charge in [0.05, 0.1) is 17.6 Å². The summed E-state index contributed by atoms with van der Waals surface area (Å²) in [6, 6.07) is 15.1. The van der Waals surface area contributed by atoms with E-state index in [-0.39, 0.29) is 18.3 Å². The number of hydrogen-bond acceptors (Lipinski definition) is 4. The van der Waals surface area contributed by atoms with E-state index in [2.05, 4.69) is 5.32 Å². The first-order chi connectivity index (χ1) is 11.1. The van der Waals surface area contributed by atoms with Gasteiger partial charge in [0.25, 0.3) is 5.69 Å². The molecule has 6 heteroatoms. The average Bonchev–Trinajstić information content (AvgIpc) is 2.59. The van der Waals surface area contributed by atoms with Crippen molar-refractivity contribution in [3.8, 4) is 0 Å². The highest BCUT2D eigenvalue weighted by Crippen LogP contribution is 2.21. The van der Waals surface area contributed by atoms with Crippen molar-refractivity contribution >= 4 is 5.69 Å².